The topological polar surface area (TPSA) is 9.23 Å². The van der Waals surface area contributed by atoms with Crippen LogP contribution < -0.4 is 0 Å². The Bertz CT molecular complexity index is 233. The summed E-state index contributed by atoms with van der Waals surface area (Å²) in [6.07, 6.45) is 15.6. The van der Waals surface area contributed by atoms with E-state index in [-0.39, 0.29) is 5.60 Å². The molecule has 0 aromatic heterocycles. The van der Waals surface area contributed by atoms with Crippen LogP contribution in [0, 0.1) is 5.92 Å². The quantitative estimate of drug-likeness (QED) is 0.364. The van der Waals surface area contributed by atoms with E-state index in [1.807, 2.05) is 0 Å². The molecule has 1 nitrogen and oxygen atoms in total. The fourth-order valence-corrected chi connectivity index (χ4v) is 4.67. The van der Waals surface area contributed by atoms with Gasteiger partial charge >= 0.3 is 0 Å². The van der Waals surface area contributed by atoms with Crippen molar-refractivity contribution >= 4 is 22.6 Å². The minimum Gasteiger partial charge on any atom is -0.371 e. The molecule has 0 aromatic carbocycles. The van der Waals surface area contributed by atoms with Gasteiger partial charge in [0.25, 0.3) is 0 Å². The summed E-state index contributed by atoms with van der Waals surface area (Å²) in [6.45, 7) is 2.34. The van der Waals surface area contributed by atoms with E-state index in [0.717, 1.165) is 5.92 Å². The maximum atomic E-state index is 6.67. The van der Waals surface area contributed by atoms with E-state index < -0.39 is 0 Å². The molecule has 2 aliphatic rings. The lowest BCUT2D eigenvalue weighted by atomic mass is 9.85. The molecule has 0 amide bonds. The van der Waals surface area contributed by atoms with E-state index >= 15 is 0 Å². The van der Waals surface area contributed by atoms with Crippen molar-refractivity contribution in [2.24, 2.45) is 5.92 Å². The second kappa shape index (κ2) is 7.47. The van der Waals surface area contributed by atoms with E-state index in [4.69, 9.17) is 4.74 Å². The van der Waals surface area contributed by atoms with E-state index in [0.29, 0.717) is 6.10 Å². The number of hydrogen-bond donors (Lipinski definition) is 0. The third-order valence-corrected chi connectivity index (χ3v) is 6.38. The molecule has 0 radical (unpaired) electrons. The molecule has 0 aromatic rings. The first-order chi connectivity index (χ1) is 8.78. The highest BCUT2D eigenvalue weighted by atomic mass is 127. The van der Waals surface area contributed by atoms with Crippen LogP contribution in [0.4, 0.5) is 0 Å². The summed E-state index contributed by atoms with van der Waals surface area (Å²) in [5, 5.41) is 0. The third-order valence-electron chi connectivity index (χ3n) is 4.99. The van der Waals surface area contributed by atoms with Crippen LogP contribution in [-0.2, 0) is 4.74 Å². The van der Waals surface area contributed by atoms with Gasteiger partial charge in [0.15, 0.2) is 0 Å². The van der Waals surface area contributed by atoms with Gasteiger partial charge in [-0.3, -0.25) is 0 Å². The average molecular weight is 364 g/mol. The fourth-order valence-electron chi connectivity index (χ4n) is 3.73. The Morgan fingerprint density at radius 3 is 2.39 bits per heavy atom. The van der Waals surface area contributed by atoms with Crippen LogP contribution >= 0.6 is 22.6 Å². The van der Waals surface area contributed by atoms with Crippen molar-refractivity contribution in [1.82, 2.24) is 0 Å². The zero-order valence-corrected chi connectivity index (χ0v) is 14.1. The molecular weight excluding hydrogens is 335 g/mol. The van der Waals surface area contributed by atoms with Gasteiger partial charge in [0, 0.05) is 4.43 Å². The van der Waals surface area contributed by atoms with Crippen molar-refractivity contribution in [3.63, 3.8) is 0 Å². The molecule has 0 saturated heterocycles. The first kappa shape index (κ1) is 15.1. The molecule has 2 fully saturated rings. The Morgan fingerprint density at radius 1 is 1.06 bits per heavy atom. The van der Waals surface area contributed by atoms with Crippen molar-refractivity contribution in [2.75, 3.05) is 4.43 Å². The summed E-state index contributed by atoms with van der Waals surface area (Å²) >= 11 is 2.56. The Kier molecular flexibility index (Phi) is 6.26. The third kappa shape index (κ3) is 4.09. The van der Waals surface area contributed by atoms with Gasteiger partial charge < -0.3 is 4.74 Å². The smallest absolute Gasteiger partial charge is 0.0775 e. The highest BCUT2D eigenvalue weighted by Crippen LogP contribution is 2.37. The number of alkyl halides is 1. The van der Waals surface area contributed by atoms with Crippen molar-refractivity contribution in [3.8, 4) is 0 Å². The van der Waals surface area contributed by atoms with Crippen LogP contribution in [0.2, 0.25) is 0 Å². The second-order valence-corrected chi connectivity index (χ2v) is 7.17. The SMILES string of the molecule is CCC1CCCC(OC2(CI)CCCCCC2)C1. The van der Waals surface area contributed by atoms with Gasteiger partial charge in [-0.2, -0.15) is 0 Å². The first-order valence-electron chi connectivity index (χ1n) is 8.02. The Balaban J connectivity index is 1.91. The van der Waals surface area contributed by atoms with Crippen molar-refractivity contribution in [3.05, 3.63) is 0 Å². The fraction of sp³-hybridized carbons (Fsp3) is 1.00. The molecular formula is C16H29IO. The Morgan fingerprint density at radius 2 is 1.78 bits per heavy atom. The van der Waals surface area contributed by atoms with Gasteiger partial charge in [0.2, 0.25) is 0 Å². The van der Waals surface area contributed by atoms with Crippen LogP contribution in [0.15, 0.2) is 0 Å². The van der Waals surface area contributed by atoms with Crippen molar-refractivity contribution in [2.45, 2.75) is 89.3 Å². The molecule has 0 spiro atoms. The summed E-state index contributed by atoms with van der Waals surface area (Å²) in [5.41, 5.74) is 0.233. The lowest BCUT2D eigenvalue weighted by Gasteiger charge is -2.38. The van der Waals surface area contributed by atoms with E-state index in [2.05, 4.69) is 29.5 Å². The van der Waals surface area contributed by atoms with Crippen LogP contribution in [0.1, 0.15) is 77.6 Å². The highest BCUT2D eigenvalue weighted by Gasteiger charge is 2.34. The zero-order valence-electron chi connectivity index (χ0n) is 11.9. The molecule has 2 atom stereocenters. The average Bonchev–Trinajstić information content (AvgIpc) is 2.65. The summed E-state index contributed by atoms with van der Waals surface area (Å²) in [6, 6.07) is 0. The number of halogens is 1. The lowest BCUT2D eigenvalue weighted by Crippen LogP contribution is -2.39. The van der Waals surface area contributed by atoms with Gasteiger partial charge in [0.05, 0.1) is 11.7 Å². The highest BCUT2D eigenvalue weighted by molar-refractivity contribution is 14.1. The summed E-state index contributed by atoms with van der Waals surface area (Å²) in [7, 11) is 0. The number of hydrogen-bond acceptors (Lipinski definition) is 1. The molecule has 2 saturated carbocycles. The van der Waals surface area contributed by atoms with Crippen LogP contribution in [0.25, 0.3) is 0 Å². The maximum Gasteiger partial charge on any atom is 0.0775 e. The van der Waals surface area contributed by atoms with Crippen LogP contribution in [-0.4, -0.2) is 16.1 Å². The Labute approximate surface area is 127 Å². The van der Waals surface area contributed by atoms with Gasteiger partial charge in [-0.15, -0.1) is 0 Å². The van der Waals surface area contributed by atoms with Gasteiger partial charge in [-0.25, -0.2) is 0 Å². The normalized spacial score (nSPS) is 33.0. The summed E-state index contributed by atoms with van der Waals surface area (Å²) in [4.78, 5) is 0. The van der Waals surface area contributed by atoms with Gasteiger partial charge in [0.1, 0.15) is 0 Å². The molecule has 0 N–H and O–H groups in total. The molecule has 2 aliphatic carbocycles. The standard InChI is InChI=1S/C16H29IO/c1-2-14-8-7-9-15(12-14)18-16(13-17)10-5-3-4-6-11-16/h14-15H,2-13H2,1H3. The first-order valence-corrected chi connectivity index (χ1v) is 9.54. The van der Waals surface area contributed by atoms with E-state index in [1.54, 1.807) is 0 Å². The molecule has 2 rings (SSSR count). The van der Waals surface area contributed by atoms with Crippen LogP contribution in [0.5, 0.6) is 0 Å². The molecule has 2 heteroatoms. The van der Waals surface area contributed by atoms with Gasteiger partial charge in [-0.1, -0.05) is 74.5 Å². The largest absolute Gasteiger partial charge is 0.371 e. The van der Waals surface area contributed by atoms with Crippen LogP contribution in [0.3, 0.4) is 0 Å². The lowest BCUT2D eigenvalue weighted by molar-refractivity contribution is -0.104. The summed E-state index contributed by atoms with van der Waals surface area (Å²) < 4.78 is 7.87. The number of ether oxygens (including phenoxy) is 1. The minimum atomic E-state index is 0.233. The van der Waals surface area contributed by atoms with Crippen molar-refractivity contribution < 1.29 is 4.74 Å². The monoisotopic (exact) mass is 364 g/mol. The molecule has 2 unspecified atom stereocenters. The zero-order chi connectivity index (χ0) is 12.8. The molecule has 0 aliphatic heterocycles. The maximum absolute atomic E-state index is 6.67. The second-order valence-electron chi connectivity index (χ2n) is 6.41. The van der Waals surface area contributed by atoms with Gasteiger partial charge in [-0.05, 0) is 31.6 Å². The predicted molar refractivity (Wildman–Crippen MR) is 86.4 cm³/mol. The molecule has 0 heterocycles. The van der Waals surface area contributed by atoms with E-state index in [1.165, 1.54) is 75.1 Å². The van der Waals surface area contributed by atoms with Crippen molar-refractivity contribution in [1.29, 1.82) is 0 Å². The number of rotatable bonds is 4. The molecule has 0 bridgehead atoms. The molecule has 106 valence electrons. The predicted octanol–water partition coefficient (Wildman–Crippen LogP) is 5.50. The Hall–Kier alpha value is 0.690. The summed E-state index contributed by atoms with van der Waals surface area (Å²) in [5.74, 6) is 0.931. The molecule has 18 heavy (non-hydrogen) atoms. The minimum absolute atomic E-state index is 0.233. The van der Waals surface area contributed by atoms with E-state index in [9.17, 15) is 0 Å².